The minimum Gasteiger partial charge on any atom is -0.394 e. The Labute approximate surface area is 267 Å². The van der Waals surface area contributed by atoms with Gasteiger partial charge in [0.05, 0.1) is 58.3 Å². The molecule has 2 aliphatic rings. The quantitative estimate of drug-likeness (QED) is 0.0714. The average molecular weight is 619 g/mol. The number of aliphatic hydroxyl groups excluding tert-OH is 1. The zero-order valence-corrected chi connectivity index (χ0v) is 27.2. The van der Waals surface area contributed by atoms with E-state index in [1.807, 2.05) is 0 Å². The number of nitrogens with zero attached hydrogens (tertiary/aromatic N) is 5. The van der Waals surface area contributed by atoms with Crippen molar-refractivity contribution >= 4 is 17.1 Å². The molecule has 0 bridgehead atoms. The Morgan fingerprint density at radius 3 is 2.20 bits per heavy atom. The number of anilines is 1. The molecule has 242 valence electrons. The summed E-state index contributed by atoms with van der Waals surface area (Å²) in [4.78, 5) is 5.10. The van der Waals surface area contributed by atoms with Crippen LogP contribution >= 0.6 is 0 Å². The van der Waals surface area contributed by atoms with Gasteiger partial charge in [0, 0.05) is 52.5 Å². The standard InChI is InChI=1S/C35H48N5O5/c1-34(2)28-10-5-7-12-30(28)39(17-21-43-25-24-42-20-16-37-38-36)32(34)14-9-15-33-35(3,4)29-11-6-8-13-31(29)40(33)18-22-44-26-27-45-23-19-41/h5-15,41H,16-27H2,1-4H3/q+1. The van der Waals surface area contributed by atoms with E-state index >= 15 is 0 Å². The van der Waals surface area contributed by atoms with E-state index in [4.69, 9.17) is 29.6 Å². The van der Waals surface area contributed by atoms with Crippen LogP contribution in [-0.2, 0) is 29.8 Å². The first-order valence-corrected chi connectivity index (χ1v) is 15.8. The number of aliphatic hydroxyl groups is 1. The first kappa shape index (κ1) is 34.4. The SMILES string of the molecule is CC1(C)C(/C=C/C=C2/N(CCOCCOCCN=[N+]=[N-])c3ccccc3C2(C)C)=[N+](CCOCCOCCO)c2ccccc21. The van der Waals surface area contributed by atoms with Crippen LogP contribution in [-0.4, -0.2) is 94.5 Å². The topological polar surface area (TPSA) is 112 Å². The van der Waals surface area contributed by atoms with Crippen LogP contribution in [0.1, 0.15) is 38.8 Å². The van der Waals surface area contributed by atoms with Gasteiger partial charge >= 0.3 is 0 Å². The van der Waals surface area contributed by atoms with Gasteiger partial charge < -0.3 is 29.0 Å². The van der Waals surface area contributed by atoms with Gasteiger partial charge in [0.25, 0.3) is 0 Å². The first-order valence-electron chi connectivity index (χ1n) is 15.8. The summed E-state index contributed by atoms with van der Waals surface area (Å²) in [5.41, 5.74) is 15.5. The summed E-state index contributed by atoms with van der Waals surface area (Å²) in [6.07, 6.45) is 6.69. The molecule has 1 N–H and O–H groups in total. The highest BCUT2D eigenvalue weighted by molar-refractivity contribution is 6.03. The molecule has 0 amide bonds. The minimum absolute atomic E-state index is 0.0208. The van der Waals surface area contributed by atoms with Gasteiger partial charge in [-0.1, -0.05) is 61.4 Å². The van der Waals surface area contributed by atoms with E-state index in [0.717, 1.165) is 13.1 Å². The maximum absolute atomic E-state index is 8.90. The number of azide groups is 1. The fourth-order valence-electron chi connectivity index (χ4n) is 6.16. The number of ether oxygens (including phenoxy) is 4. The molecular formula is C35H48N5O5+. The molecule has 0 saturated heterocycles. The van der Waals surface area contributed by atoms with Crippen LogP contribution in [0.5, 0.6) is 0 Å². The van der Waals surface area contributed by atoms with Gasteiger partial charge in [0.1, 0.15) is 6.61 Å². The molecule has 0 unspecified atom stereocenters. The van der Waals surface area contributed by atoms with Gasteiger partial charge in [0.2, 0.25) is 5.69 Å². The van der Waals surface area contributed by atoms with Crippen molar-refractivity contribution in [2.75, 3.05) is 84.0 Å². The Kier molecular flexibility index (Phi) is 12.8. The molecule has 0 aliphatic carbocycles. The number of hydrogen-bond donors (Lipinski definition) is 1. The number of hydrogen-bond acceptors (Lipinski definition) is 7. The summed E-state index contributed by atoms with van der Waals surface area (Å²) < 4.78 is 25.0. The normalized spacial score (nSPS) is 17.3. The third-order valence-electron chi connectivity index (χ3n) is 8.40. The van der Waals surface area contributed by atoms with E-state index < -0.39 is 0 Å². The monoisotopic (exact) mass is 618 g/mol. The van der Waals surface area contributed by atoms with Crippen molar-refractivity contribution in [3.8, 4) is 0 Å². The van der Waals surface area contributed by atoms with Crippen LogP contribution < -0.4 is 4.90 Å². The minimum atomic E-state index is -0.171. The number of rotatable bonds is 19. The second kappa shape index (κ2) is 16.7. The average Bonchev–Trinajstić information content (AvgIpc) is 3.38. The van der Waals surface area contributed by atoms with Crippen LogP contribution in [0.25, 0.3) is 10.4 Å². The number of benzene rings is 2. The summed E-state index contributed by atoms with van der Waals surface area (Å²) >= 11 is 0. The fraction of sp³-hybridized carbons (Fsp3) is 0.514. The third-order valence-corrected chi connectivity index (χ3v) is 8.40. The maximum Gasteiger partial charge on any atom is 0.209 e. The number of allylic oxidation sites excluding steroid dienone is 4. The highest BCUT2D eigenvalue weighted by Gasteiger charge is 2.44. The highest BCUT2D eigenvalue weighted by atomic mass is 16.5. The first-order chi connectivity index (χ1) is 21.8. The Hall–Kier alpha value is -3.50. The summed E-state index contributed by atoms with van der Waals surface area (Å²) in [6, 6.07) is 17.2. The third kappa shape index (κ3) is 8.41. The molecule has 0 aromatic heterocycles. The second-order valence-corrected chi connectivity index (χ2v) is 12.0. The van der Waals surface area contributed by atoms with E-state index in [1.54, 1.807) is 0 Å². The summed E-state index contributed by atoms with van der Waals surface area (Å²) in [5, 5.41) is 12.4. The Morgan fingerprint density at radius 1 is 0.822 bits per heavy atom. The van der Waals surface area contributed by atoms with Crippen molar-refractivity contribution in [2.24, 2.45) is 5.11 Å². The van der Waals surface area contributed by atoms with Crippen molar-refractivity contribution in [1.29, 1.82) is 0 Å². The largest absolute Gasteiger partial charge is 0.394 e. The molecule has 2 aliphatic heterocycles. The molecular weight excluding hydrogens is 570 g/mol. The van der Waals surface area contributed by atoms with Gasteiger partial charge in [-0.15, -0.1) is 0 Å². The molecule has 2 aromatic carbocycles. The fourth-order valence-corrected chi connectivity index (χ4v) is 6.16. The predicted molar refractivity (Wildman–Crippen MR) is 178 cm³/mol. The van der Waals surface area contributed by atoms with E-state index in [-0.39, 0.29) is 17.4 Å². The van der Waals surface area contributed by atoms with Crippen molar-refractivity contribution in [3.63, 3.8) is 0 Å². The molecule has 0 spiro atoms. The van der Waals surface area contributed by atoms with E-state index in [0.29, 0.717) is 59.4 Å². The highest BCUT2D eigenvalue weighted by Crippen LogP contribution is 2.47. The lowest BCUT2D eigenvalue weighted by atomic mass is 9.81. The van der Waals surface area contributed by atoms with E-state index in [9.17, 15) is 0 Å². The molecule has 2 heterocycles. The molecule has 10 heteroatoms. The van der Waals surface area contributed by atoms with Crippen molar-refractivity contribution in [1.82, 2.24) is 0 Å². The van der Waals surface area contributed by atoms with E-state index in [1.165, 1.54) is 33.9 Å². The lowest BCUT2D eigenvalue weighted by Crippen LogP contribution is -2.30. The Bertz CT molecular complexity index is 1410. The molecule has 45 heavy (non-hydrogen) atoms. The van der Waals surface area contributed by atoms with Gasteiger partial charge in [-0.2, -0.15) is 4.58 Å². The van der Waals surface area contributed by atoms with Crippen molar-refractivity contribution in [3.05, 3.63) is 94.0 Å². The van der Waals surface area contributed by atoms with E-state index in [2.05, 4.69) is 114 Å². The zero-order chi connectivity index (χ0) is 32.1. The smallest absolute Gasteiger partial charge is 0.209 e. The number of fused-ring (bicyclic) bond motifs is 2. The molecule has 0 radical (unpaired) electrons. The van der Waals surface area contributed by atoms with Crippen molar-refractivity contribution in [2.45, 2.75) is 38.5 Å². The summed E-state index contributed by atoms with van der Waals surface area (Å²) in [7, 11) is 0. The Balaban J connectivity index is 1.50. The molecule has 2 aromatic rings. The van der Waals surface area contributed by atoms with Gasteiger partial charge in [0.15, 0.2) is 12.3 Å². The number of para-hydroxylation sites is 2. The van der Waals surface area contributed by atoms with Crippen LogP contribution in [0.2, 0.25) is 0 Å². The van der Waals surface area contributed by atoms with Gasteiger partial charge in [-0.3, -0.25) is 0 Å². The summed E-state index contributed by atoms with van der Waals surface area (Å²) in [5.74, 6) is 0. The van der Waals surface area contributed by atoms with Crippen LogP contribution in [0.15, 0.2) is 77.6 Å². The molecule has 0 fully saturated rings. The molecule has 0 saturated carbocycles. The lowest BCUT2D eigenvalue weighted by molar-refractivity contribution is -0.442. The predicted octanol–water partition coefficient (Wildman–Crippen LogP) is 5.67. The van der Waals surface area contributed by atoms with Crippen LogP contribution in [0.3, 0.4) is 0 Å². The zero-order valence-electron chi connectivity index (χ0n) is 27.2. The van der Waals surface area contributed by atoms with Crippen molar-refractivity contribution < 1.29 is 28.6 Å². The Morgan fingerprint density at radius 2 is 1.47 bits per heavy atom. The maximum atomic E-state index is 8.90. The van der Waals surface area contributed by atoms with Crippen LogP contribution in [0, 0.1) is 0 Å². The second-order valence-electron chi connectivity index (χ2n) is 12.0. The molecule has 0 atom stereocenters. The lowest BCUT2D eigenvalue weighted by Gasteiger charge is -2.27. The van der Waals surface area contributed by atoms with Gasteiger partial charge in [-0.25, -0.2) is 0 Å². The van der Waals surface area contributed by atoms with Gasteiger partial charge in [-0.05, 0) is 37.1 Å². The molecule has 4 rings (SSSR count). The van der Waals surface area contributed by atoms with Crippen LogP contribution in [0.4, 0.5) is 11.4 Å². The summed E-state index contributed by atoms with van der Waals surface area (Å²) in [6.45, 7) is 14.7. The molecule has 10 nitrogen and oxygen atoms in total.